The maximum absolute atomic E-state index is 12.0. The number of ether oxygens (including phenoxy) is 1. The number of hydrogen-bond donors (Lipinski definition) is 2. The molecule has 1 aromatic rings. The number of rotatable bonds is 5. The zero-order valence-corrected chi connectivity index (χ0v) is 11.1. The van der Waals surface area contributed by atoms with E-state index < -0.39 is 0 Å². The highest BCUT2D eigenvalue weighted by Crippen LogP contribution is 2.24. The Morgan fingerprint density at radius 3 is 2.74 bits per heavy atom. The van der Waals surface area contributed by atoms with Gasteiger partial charge in [-0.15, -0.1) is 0 Å². The molecular formula is C13H20N4O2. The van der Waals surface area contributed by atoms with Gasteiger partial charge in [-0.2, -0.15) is 0 Å². The van der Waals surface area contributed by atoms with Crippen LogP contribution in [0.15, 0.2) is 18.5 Å². The minimum Gasteiger partial charge on any atom is -0.381 e. The molecule has 1 fully saturated rings. The van der Waals surface area contributed by atoms with Crippen LogP contribution < -0.4 is 10.6 Å². The van der Waals surface area contributed by atoms with Crippen molar-refractivity contribution in [3.05, 3.63) is 18.5 Å². The van der Waals surface area contributed by atoms with E-state index in [1.165, 1.54) is 0 Å². The highest BCUT2D eigenvalue weighted by molar-refractivity contribution is 5.79. The minimum absolute atomic E-state index is 0.0651. The van der Waals surface area contributed by atoms with E-state index in [1.807, 2.05) is 0 Å². The molecule has 1 unspecified atom stereocenters. The van der Waals surface area contributed by atoms with Gasteiger partial charge in [0.2, 0.25) is 11.9 Å². The Hall–Kier alpha value is -1.69. The highest BCUT2D eigenvalue weighted by Gasteiger charge is 2.29. The summed E-state index contributed by atoms with van der Waals surface area (Å²) >= 11 is 0. The Kier molecular flexibility index (Phi) is 5.09. The molecule has 0 aliphatic carbocycles. The van der Waals surface area contributed by atoms with Crippen LogP contribution >= 0.6 is 0 Å². The highest BCUT2D eigenvalue weighted by atomic mass is 16.5. The Morgan fingerprint density at radius 2 is 2.11 bits per heavy atom. The zero-order valence-electron chi connectivity index (χ0n) is 11.1. The molecule has 0 aromatic carbocycles. The second kappa shape index (κ2) is 7.04. The third-order valence-corrected chi connectivity index (χ3v) is 3.46. The number of carbonyl (C=O) groups is 1. The van der Waals surface area contributed by atoms with Crippen molar-refractivity contribution in [2.24, 2.45) is 11.8 Å². The third-order valence-electron chi connectivity index (χ3n) is 3.46. The van der Waals surface area contributed by atoms with E-state index in [-0.39, 0.29) is 11.8 Å². The van der Waals surface area contributed by atoms with E-state index in [9.17, 15) is 4.79 Å². The summed E-state index contributed by atoms with van der Waals surface area (Å²) in [5.74, 6) is 0.904. The predicted octanol–water partition coefficient (Wildman–Crippen LogP) is 0.677. The van der Waals surface area contributed by atoms with Crippen molar-refractivity contribution >= 4 is 11.9 Å². The lowest BCUT2D eigenvalue weighted by Gasteiger charge is -2.29. The van der Waals surface area contributed by atoms with Gasteiger partial charge in [-0.25, -0.2) is 9.97 Å². The van der Waals surface area contributed by atoms with Gasteiger partial charge in [-0.1, -0.05) is 0 Å². The molecule has 1 atom stereocenters. The molecule has 0 saturated carbocycles. The molecule has 0 radical (unpaired) electrons. The Morgan fingerprint density at radius 1 is 1.42 bits per heavy atom. The van der Waals surface area contributed by atoms with Gasteiger partial charge in [0.15, 0.2) is 0 Å². The van der Waals surface area contributed by atoms with Crippen molar-refractivity contribution in [2.45, 2.75) is 12.8 Å². The van der Waals surface area contributed by atoms with Gasteiger partial charge in [0.25, 0.3) is 0 Å². The van der Waals surface area contributed by atoms with Gasteiger partial charge in [0.1, 0.15) is 0 Å². The zero-order chi connectivity index (χ0) is 13.5. The first kappa shape index (κ1) is 13.7. The van der Waals surface area contributed by atoms with Gasteiger partial charge in [0, 0.05) is 39.2 Å². The number of carbonyl (C=O) groups excluding carboxylic acids is 1. The first-order valence-electron chi connectivity index (χ1n) is 6.61. The number of amides is 1. The van der Waals surface area contributed by atoms with Crippen LogP contribution in [0.25, 0.3) is 0 Å². The third kappa shape index (κ3) is 3.89. The maximum Gasteiger partial charge on any atom is 0.224 e. The summed E-state index contributed by atoms with van der Waals surface area (Å²) in [7, 11) is 1.67. The number of nitrogens with one attached hydrogen (secondary N) is 2. The molecule has 19 heavy (non-hydrogen) atoms. The predicted molar refractivity (Wildman–Crippen MR) is 71.6 cm³/mol. The summed E-state index contributed by atoms with van der Waals surface area (Å²) in [5, 5.41) is 5.87. The monoisotopic (exact) mass is 264 g/mol. The first-order valence-corrected chi connectivity index (χ1v) is 6.61. The number of aromatic nitrogens is 2. The minimum atomic E-state index is -0.0716. The SMILES string of the molecule is CNC(=O)C(CNc1ncccn1)C1CCOCC1. The van der Waals surface area contributed by atoms with Crippen LogP contribution in [0.5, 0.6) is 0 Å². The molecular weight excluding hydrogens is 244 g/mol. The number of nitrogens with zero attached hydrogens (tertiary/aromatic N) is 2. The summed E-state index contributed by atoms with van der Waals surface area (Å²) in [4.78, 5) is 20.2. The van der Waals surface area contributed by atoms with Crippen molar-refractivity contribution in [1.29, 1.82) is 0 Å². The maximum atomic E-state index is 12.0. The molecule has 0 spiro atoms. The fourth-order valence-corrected chi connectivity index (χ4v) is 2.37. The van der Waals surface area contributed by atoms with E-state index in [0.29, 0.717) is 18.4 Å². The van der Waals surface area contributed by atoms with Crippen LogP contribution in [-0.4, -0.2) is 42.7 Å². The molecule has 1 saturated heterocycles. The lowest BCUT2D eigenvalue weighted by Crippen LogP contribution is -2.39. The van der Waals surface area contributed by atoms with Gasteiger partial charge in [0.05, 0.1) is 5.92 Å². The fourth-order valence-electron chi connectivity index (χ4n) is 2.37. The molecule has 2 heterocycles. The van der Waals surface area contributed by atoms with E-state index in [4.69, 9.17) is 4.74 Å². The van der Waals surface area contributed by atoms with Crippen molar-refractivity contribution in [2.75, 3.05) is 32.1 Å². The normalized spacial score (nSPS) is 17.7. The van der Waals surface area contributed by atoms with E-state index >= 15 is 0 Å². The smallest absolute Gasteiger partial charge is 0.224 e. The van der Waals surface area contributed by atoms with Crippen LogP contribution in [0.1, 0.15) is 12.8 Å². The lowest BCUT2D eigenvalue weighted by atomic mass is 9.85. The van der Waals surface area contributed by atoms with Crippen LogP contribution in [0.2, 0.25) is 0 Å². The Bertz CT molecular complexity index is 393. The largest absolute Gasteiger partial charge is 0.381 e. The molecule has 1 aromatic heterocycles. The van der Waals surface area contributed by atoms with Crippen molar-refractivity contribution in [3.63, 3.8) is 0 Å². The van der Waals surface area contributed by atoms with Gasteiger partial charge in [-0.3, -0.25) is 4.79 Å². The summed E-state index contributed by atoms with van der Waals surface area (Å²) in [5.41, 5.74) is 0. The summed E-state index contributed by atoms with van der Waals surface area (Å²) in [6, 6.07) is 1.76. The molecule has 1 amide bonds. The molecule has 2 N–H and O–H groups in total. The molecule has 6 heteroatoms. The first-order chi connectivity index (χ1) is 9.31. The summed E-state index contributed by atoms with van der Waals surface area (Å²) < 4.78 is 5.35. The van der Waals surface area contributed by atoms with E-state index in [2.05, 4.69) is 20.6 Å². The van der Waals surface area contributed by atoms with Crippen LogP contribution in [0.3, 0.4) is 0 Å². The molecule has 2 rings (SSSR count). The number of hydrogen-bond acceptors (Lipinski definition) is 5. The molecule has 0 bridgehead atoms. The second-order valence-electron chi connectivity index (χ2n) is 4.62. The lowest BCUT2D eigenvalue weighted by molar-refractivity contribution is -0.126. The van der Waals surface area contributed by atoms with E-state index in [1.54, 1.807) is 25.5 Å². The topological polar surface area (TPSA) is 76.1 Å². The molecule has 104 valence electrons. The van der Waals surface area contributed by atoms with Gasteiger partial charge < -0.3 is 15.4 Å². The summed E-state index contributed by atoms with van der Waals surface area (Å²) in [6.07, 6.45) is 5.21. The van der Waals surface area contributed by atoms with Gasteiger partial charge >= 0.3 is 0 Å². The Labute approximate surface area is 113 Å². The average molecular weight is 264 g/mol. The average Bonchev–Trinajstić information content (AvgIpc) is 2.49. The van der Waals surface area contributed by atoms with Crippen LogP contribution in [0.4, 0.5) is 5.95 Å². The Balaban J connectivity index is 1.95. The fraction of sp³-hybridized carbons (Fsp3) is 0.615. The molecule has 1 aliphatic heterocycles. The molecule has 1 aliphatic rings. The number of anilines is 1. The molecule has 6 nitrogen and oxygen atoms in total. The van der Waals surface area contributed by atoms with Crippen molar-refractivity contribution in [1.82, 2.24) is 15.3 Å². The second-order valence-corrected chi connectivity index (χ2v) is 4.62. The van der Waals surface area contributed by atoms with Crippen LogP contribution in [0, 0.1) is 11.8 Å². The van der Waals surface area contributed by atoms with Crippen LogP contribution in [-0.2, 0) is 9.53 Å². The van der Waals surface area contributed by atoms with E-state index in [0.717, 1.165) is 26.1 Å². The van der Waals surface area contributed by atoms with Crippen molar-refractivity contribution in [3.8, 4) is 0 Å². The van der Waals surface area contributed by atoms with Gasteiger partial charge in [-0.05, 0) is 24.8 Å². The van der Waals surface area contributed by atoms with Crippen molar-refractivity contribution < 1.29 is 9.53 Å². The summed E-state index contributed by atoms with van der Waals surface area (Å²) in [6.45, 7) is 2.02. The quantitative estimate of drug-likeness (QED) is 0.818. The standard InChI is InChI=1S/C13H20N4O2/c1-14-12(18)11(10-3-7-19-8-4-10)9-17-13-15-5-2-6-16-13/h2,5-6,10-11H,3-4,7-9H2,1H3,(H,14,18)(H,15,16,17).